The van der Waals surface area contributed by atoms with E-state index in [0.717, 1.165) is 13.1 Å². The normalized spacial score (nSPS) is 9.69. The molecule has 0 aromatic carbocycles. The molecule has 0 amide bonds. The fourth-order valence-corrected chi connectivity index (χ4v) is 1.22. The van der Waals surface area contributed by atoms with E-state index in [1.54, 1.807) is 21.5 Å². The minimum absolute atomic E-state index is 0.562. The van der Waals surface area contributed by atoms with Gasteiger partial charge in [-0.05, 0) is 26.0 Å². The van der Waals surface area contributed by atoms with Crippen LogP contribution in [-0.4, -0.2) is 19.6 Å². The number of hydrogen-bond acceptors (Lipinski definition) is 3. The molecule has 2 aromatic rings. The maximum atomic E-state index is 5.51. The van der Waals surface area contributed by atoms with Crippen molar-refractivity contribution in [2.24, 2.45) is 0 Å². The summed E-state index contributed by atoms with van der Waals surface area (Å²) in [4.78, 5) is 0. The van der Waals surface area contributed by atoms with Crippen molar-refractivity contribution in [1.29, 1.82) is 0 Å². The molecule has 5 nitrogen and oxygen atoms in total. The maximum absolute atomic E-state index is 5.51. The molecule has 0 spiro atoms. The average molecular weight is 242 g/mol. The first kappa shape index (κ1) is 12.6. The number of rotatable bonds is 2. The molecule has 0 bridgehead atoms. The molecule has 0 radical (unpaired) electrons. The van der Waals surface area contributed by atoms with Crippen LogP contribution in [0, 0.1) is 0 Å². The number of hydrogen-bond donors (Lipinski definition) is 1. The topological polar surface area (TPSA) is 61.7 Å². The first-order valence-electron chi connectivity index (χ1n) is 5.13. The predicted octanol–water partition coefficient (Wildman–Crippen LogP) is 2.04. The molecule has 0 aliphatic carbocycles. The van der Waals surface area contributed by atoms with Crippen LogP contribution in [0.15, 0.2) is 24.5 Å². The lowest BCUT2D eigenvalue weighted by molar-refractivity contribution is 0.660. The number of nitrogens with two attached hydrogens (primary N) is 1. The zero-order valence-corrected chi connectivity index (χ0v) is 10.2. The van der Waals surface area contributed by atoms with E-state index in [2.05, 4.69) is 10.2 Å². The molecule has 0 unspecified atom stereocenters. The van der Waals surface area contributed by atoms with Gasteiger partial charge in [-0.1, -0.05) is 11.6 Å². The highest BCUT2D eigenvalue weighted by Gasteiger charge is 1.88. The summed E-state index contributed by atoms with van der Waals surface area (Å²) in [6.07, 6.45) is 3.71. The van der Waals surface area contributed by atoms with Crippen LogP contribution in [0.4, 0.5) is 5.82 Å². The van der Waals surface area contributed by atoms with E-state index in [4.69, 9.17) is 17.3 Å². The number of aryl methyl sites for hydroxylation is 2. The van der Waals surface area contributed by atoms with Gasteiger partial charge in [0.25, 0.3) is 0 Å². The number of anilines is 1. The van der Waals surface area contributed by atoms with Crippen molar-refractivity contribution in [2.45, 2.75) is 26.9 Å². The van der Waals surface area contributed by atoms with Gasteiger partial charge in [-0.15, -0.1) is 0 Å². The Labute approximate surface area is 99.8 Å². The van der Waals surface area contributed by atoms with Gasteiger partial charge in [0.05, 0.1) is 0 Å². The van der Waals surface area contributed by atoms with Crippen LogP contribution >= 0.6 is 11.6 Å². The SMILES string of the molecule is CCn1ccc(Cl)n1.CCn1ccc(N)n1. The Morgan fingerprint density at radius 1 is 1.12 bits per heavy atom. The van der Waals surface area contributed by atoms with Gasteiger partial charge in [0, 0.05) is 25.5 Å². The molecule has 16 heavy (non-hydrogen) atoms. The van der Waals surface area contributed by atoms with Crippen molar-refractivity contribution in [1.82, 2.24) is 19.6 Å². The van der Waals surface area contributed by atoms with E-state index < -0.39 is 0 Å². The lowest BCUT2D eigenvalue weighted by atomic mass is 10.7. The van der Waals surface area contributed by atoms with Crippen LogP contribution in [0.2, 0.25) is 5.15 Å². The fourth-order valence-electron chi connectivity index (χ4n) is 1.07. The van der Waals surface area contributed by atoms with E-state index in [0.29, 0.717) is 11.0 Å². The van der Waals surface area contributed by atoms with Gasteiger partial charge in [0.1, 0.15) is 5.82 Å². The molecule has 0 saturated heterocycles. The predicted molar refractivity (Wildman–Crippen MR) is 65.2 cm³/mol. The molecule has 0 atom stereocenters. The summed E-state index contributed by atoms with van der Waals surface area (Å²) in [7, 11) is 0. The zero-order chi connectivity index (χ0) is 12.0. The van der Waals surface area contributed by atoms with E-state index in [9.17, 15) is 0 Å². The van der Waals surface area contributed by atoms with Gasteiger partial charge < -0.3 is 5.73 Å². The van der Waals surface area contributed by atoms with Crippen molar-refractivity contribution >= 4 is 17.4 Å². The first-order valence-corrected chi connectivity index (χ1v) is 5.51. The van der Waals surface area contributed by atoms with E-state index >= 15 is 0 Å². The Bertz CT molecular complexity index is 380. The third-order valence-electron chi connectivity index (χ3n) is 1.92. The molecule has 2 N–H and O–H groups in total. The molecule has 6 heteroatoms. The third kappa shape index (κ3) is 3.94. The molecule has 0 saturated carbocycles. The van der Waals surface area contributed by atoms with Gasteiger partial charge >= 0.3 is 0 Å². The third-order valence-corrected chi connectivity index (χ3v) is 2.12. The molecular weight excluding hydrogens is 226 g/mol. The standard InChI is InChI=1S/C5H7ClN2.C5H9N3/c2*1-2-8-4-3-5(6)7-8/h3-4H,2H2,1H3;3-4H,2H2,1H3,(H2,6,7). The largest absolute Gasteiger partial charge is 0.382 e. The Kier molecular flexibility index (Phi) is 4.85. The Hall–Kier alpha value is -1.49. The summed E-state index contributed by atoms with van der Waals surface area (Å²) in [5, 5.41) is 8.40. The zero-order valence-electron chi connectivity index (χ0n) is 9.47. The second-order valence-electron chi connectivity index (χ2n) is 3.09. The fraction of sp³-hybridized carbons (Fsp3) is 0.400. The minimum atomic E-state index is 0.562. The molecule has 0 aliphatic heterocycles. The van der Waals surface area contributed by atoms with Crippen LogP contribution in [0.5, 0.6) is 0 Å². The number of aromatic nitrogens is 4. The summed E-state index contributed by atoms with van der Waals surface area (Å²) in [5.41, 5.74) is 5.32. The number of nitrogen functional groups attached to an aromatic ring is 1. The van der Waals surface area contributed by atoms with Crippen LogP contribution in [0.1, 0.15) is 13.8 Å². The summed E-state index contributed by atoms with van der Waals surface area (Å²) >= 11 is 5.51. The molecule has 2 rings (SSSR count). The summed E-state index contributed by atoms with van der Waals surface area (Å²) in [6.45, 7) is 5.81. The smallest absolute Gasteiger partial charge is 0.151 e. The quantitative estimate of drug-likeness (QED) is 0.875. The van der Waals surface area contributed by atoms with E-state index in [-0.39, 0.29) is 0 Å². The Balaban J connectivity index is 0.000000160. The van der Waals surface area contributed by atoms with E-state index in [1.807, 2.05) is 26.2 Å². The first-order chi connectivity index (χ1) is 7.65. The molecule has 0 fully saturated rings. The molecule has 0 aliphatic rings. The van der Waals surface area contributed by atoms with Gasteiger partial charge in [0.2, 0.25) is 0 Å². The molecule has 2 aromatic heterocycles. The Morgan fingerprint density at radius 3 is 1.94 bits per heavy atom. The van der Waals surface area contributed by atoms with Crippen molar-refractivity contribution in [2.75, 3.05) is 5.73 Å². The molecule has 2 heterocycles. The van der Waals surface area contributed by atoms with Crippen molar-refractivity contribution < 1.29 is 0 Å². The van der Waals surface area contributed by atoms with Crippen molar-refractivity contribution in [3.05, 3.63) is 29.7 Å². The number of nitrogens with zero attached hydrogens (tertiary/aromatic N) is 4. The molecular formula is C10H16ClN5. The highest BCUT2D eigenvalue weighted by Crippen LogP contribution is 2.00. The summed E-state index contributed by atoms with van der Waals surface area (Å²) in [5.74, 6) is 0.590. The number of halogens is 1. The van der Waals surface area contributed by atoms with Crippen LogP contribution < -0.4 is 5.73 Å². The summed E-state index contributed by atoms with van der Waals surface area (Å²) in [6, 6.07) is 3.55. The van der Waals surface area contributed by atoms with Crippen LogP contribution in [0.25, 0.3) is 0 Å². The highest BCUT2D eigenvalue weighted by molar-refractivity contribution is 6.29. The van der Waals surface area contributed by atoms with Gasteiger partial charge in [0.15, 0.2) is 5.15 Å². The van der Waals surface area contributed by atoms with Crippen LogP contribution in [0.3, 0.4) is 0 Å². The minimum Gasteiger partial charge on any atom is -0.382 e. The van der Waals surface area contributed by atoms with Crippen LogP contribution in [-0.2, 0) is 13.1 Å². The lowest BCUT2D eigenvalue weighted by Crippen LogP contribution is -1.95. The summed E-state index contributed by atoms with van der Waals surface area (Å²) < 4.78 is 3.57. The van der Waals surface area contributed by atoms with Crippen molar-refractivity contribution in [3.8, 4) is 0 Å². The average Bonchev–Trinajstić information content (AvgIpc) is 2.88. The van der Waals surface area contributed by atoms with Gasteiger partial charge in [-0.3, -0.25) is 9.36 Å². The lowest BCUT2D eigenvalue weighted by Gasteiger charge is -1.88. The highest BCUT2D eigenvalue weighted by atomic mass is 35.5. The second-order valence-corrected chi connectivity index (χ2v) is 3.48. The second kappa shape index (κ2) is 6.17. The van der Waals surface area contributed by atoms with Crippen molar-refractivity contribution in [3.63, 3.8) is 0 Å². The monoisotopic (exact) mass is 241 g/mol. The van der Waals surface area contributed by atoms with E-state index in [1.165, 1.54) is 0 Å². The Morgan fingerprint density at radius 2 is 1.69 bits per heavy atom. The van der Waals surface area contributed by atoms with Gasteiger partial charge in [-0.25, -0.2) is 0 Å². The maximum Gasteiger partial charge on any atom is 0.151 e. The molecule has 88 valence electrons. The van der Waals surface area contributed by atoms with Gasteiger partial charge in [-0.2, -0.15) is 10.2 Å².